The van der Waals surface area contributed by atoms with E-state index in [0.29, 0.717) is 54.6 Å². The molecule has 1 amide bonds. The number of carbonyl (C=O) groups excluding carboxylic acids is 1. The lowest BCUT2D eigenvalue weighted by Gasteiger charge is -2.31. The first-order valence-electron chi connectivity index (χ1n) is 16.2. The Labute approximate surface area is 268 Å². The van der Waals surface area contributed by atoms with Gasteiger partial charge >= 0.3 is 6.01 Å². The number of nitrogens with zero attached hydrogens (tertiary/aromatic N) is 5. The molecule has 0 radical (unpaired) electrons. The van der Waals surface area contributed by atoms with Crippen LogP contribution in [0.25, 0.3) is 32.9 Å². The van der Waals surface area contributed by atoms with Crippen molar-refractivity contribution in [3.8, 4) is 23.0 Å². The molecule has 4 aliphatic heterocycles. The summed E-state index contributed by atoms with van der Waals surface area (Å²) in [7, 11) is 0. The van der Waals surface area contributed by atoms with Crippen LogP contribution in [0.1, 0.15) is 31.7 Å². The first kappa shape index (κ1) is 30.1. The van der Waals surface area contributed by atoms with Crippen LogP contribution in [0.4, 0.5) is 19.0 Å². The monoisotopic (exact) mass is 648 g/mol. The number of aliphatic hydroxyl groups excluding tert-OH is 1. The standard InChI is InChI=1S/C34H35F3N6O4/c1-2-20-25(36)5-4-17-8-19(45)9-21(27(17)20)29-28(37)30-22(11-38-29)31(42-13-23-24(14-42)32(46)39-26(23)15-44)41-33(40-30)47-16-34-6-3-7-43(34)12-18(35)10-34/h4-5,8-9,11,18,23-24,26,44-45H,2-3,6-7,10,12-16H2,1H3,(H,39,46)/t18-,23+,24-,26+,34+/m1/s1. The fourth-order valence-electron chi connectivity index (χ4n) is 8.46. The van der Waals surface area contributed by atoms with Gasteiger partial charge in [0.2, 0.25) is 5.91 Å². The number of carbonyl (C=O) groups is 1. The molecular formula is C34H35F3N6O4. The highest BCUT2D eigenvalue weighted by Crippen LogP contribution is 2.43. The maximum Gasteiger partial charge on any atom is 0.319 e. The predicted molar refractivity (Wildman–Crippen MR) is 168 cm³/mol. The van der Waals surface area contributed by atoms with Crippen molar-refractivity contribution in [1.82, 2.24) is 25.2 Å². The van der Waals surface area contributed by atoms with Crippen molar-refractivity contribution in [3.05, 3.63) is 47.7 Å². The molecule has 47 heavy (non-hydrogen) atoms. The van der Waals surface area contributed by atoms with Gasteiger partial charge in [-0.2, -0.15) is 9.97 Å². The van der Waals surface area contributed by atoms with Gasteiger partial charge in [0, 0.05) is 43.7 Å². The Bertz CT molecular complexity index is 1930. The second-order valence-corrected chi connectivity index (χ2v) is 13.3. The zero-order valence-electron chi connectivity index (χ0n) is 25.8. The number of aliphatic hydroxyl groups is 1. The molecule has 4 aromatic rings. The Hall–Kier alpha value is -4.23. The molecule has 0 unspecified atom stereocenters. The van der Waals surface area contributed by atoms with Crippen molar-refractivity contribution in [2.24, 2.45) is 11.8 Å². The molecule has 0 bridgehead atoms. The third-order valence-electron chi connectivity index (χ3n) is 10.7. The number of ether oxygens (including phenoxy) is 1. The van der Waals surface area contributed by atoms with Gasteiger partial charge in [-0.3, -0.25) is 14.7 Å². The highest BCUT2D eigenvalue weighted by atomic mass is 19.1. The summed E-state index contributed by atoms with van der Waals surface area (Å²) in [6, 6.07) is 5.24. The average Bonchev–Trinajstić information content (AvgIpc) is 3.80. The molecule has 4 aliphatic rings. The van der Waals surface area contributed by atoms with Crippen LogP contribution >= 0.6 is 0 Å². The minimum atomic E-state index is -0.956. The highest BCUT2D eigenvalue weighted by Gasteiger charge is 2.50. The van der Waals surface area contributed by atoms with E-state index in [4.69, 9.17) is 9.72 Å². The van der Waals surface area contributed by atoms with E-state index in [9.17, 15) is 23.8 Å². The zero-order chi connectivity index (χ0) is 32.6. The molecule has 0 spiro atoms. The van der Waals surface area contributed by atoms with Gasteiger partial charge < -0.3 is 25.2 Å². The summed E-state index contributed by atoms with van der Waals surface area (Å²) in [6.45, 7) is 3.52. The van der Waals surface area contributed by atoms with Crippen LogP contribution in [-0.2, 0) is 11.2 Å². The Morgan fingerprint density at radius 1 is 1.17 bits per heavy atom. The van der Waals surface area contributed by atoms with Gasteiger partial charge in [0.25, 0.3) is 0 Å². The third kappa shape index (κ3) is 4.76. The first-order valence-corrected chi connectivity index (χ1v) is 16.2. The van der Waals surface area contributed by atoms with Crippen LogP contribution in [0.2, 0.25) is 0 Å². The number of halogens is 3. The fraction of sp³-hybridized carbons (Fsp3) is 0.471. The summed E-state index contributed by atoms with van der Waals surface area (Å²) in [5.41, 5.74) is -0.106. The largest absolute Gasteiger partial charge is 0.508 e. The molecule has 2 aromatic heterocycles. The second kappa shape index (κ2) is 11.2. The summed E-state index contributed by atoms with van der Waals surface area (Å²) in [5.74, 6) is -1.76. The number of phenolic OH excluding ortho intramolecular Hbond substituents is 1. The van der Waals surface area contributed by atoms with Gasteiger partial charge in [-0.05, 0) is 60.3 Å². The fourth-order valence-corrected chi connectivity index (χ4v) is 8.46. The highest BCUT2D eigenvalue weighted by molar-refractivity contribution is 6.02. The van der Waals surface area contributed by atoms with Crippen molar-refractivity contribution in [3.63, 3.8) is 0 Å². The number of anilines is 1. The lowest BCUT2D eigenvalue weighted by molar-refractivity contribution is -0.122. The van der Waals surface area contributed by atoms with Gasteiger partial charge in [-0.1, -0.05) is 13.0 Å². The molecule has 8 rings (SSSR count). The van der Waals surface area contributed by atoms with Gasteiger partial charge in [0.05, 0.1) is 29.5 Å². The van der Waals surface area contributed by atoms with Gasteiger partial charge in [-0.15, -0.1) is 0 Å². The number of benzene rings is 2. The van der Waals surface area contributed by atoms with Crippen molar-refractivity contribution >= 4 is 33.4 Å². The number of aryl methyl sites for hydroxylation is 1. The topological polar surface area (TPSA) is 124 Å². The summed E-state index contributed by atoms with van der Waals surface area (Å²) in [6.07, 6.45) is 2.86. The van der Waals surface area contributed by atoms with Gasteiger partial charge in [0.15, 0.2) is 5.82 Å². The van der Waals surface area contributed by atoms with E-state index in [1.54, 1.807) is 6.92 Å². The van der Waals surface area contributed by atoms with Crippen LogP contribution in [0.3, 0.4) is 0 Å². The second-order valence-electron chi connectivity index (χ2n) is 13.3. The van der Waals surface area contributed by atoms with E-state index < -0.39 is 29.4 Å². The number of aromatic nitrogens is 3. The smallest absolute Gasteiger partial charge is 0.319 e. The van der Waals surface area contributed by atoms with Gasteiger partial charge in [0.1, 0.15) is 41.4 Å². The summed E-state index contributed by atoms with van der Waals surface area (Å²) in [5, 5.41) is 24.6. The summed E-state index contributed by atoms with van der Waals surface area (Å²) >= 11 is 0. The Morgan fingerprint density at radius 3 is 2.83 bits per heavy atom. The van der Waals surface area contributed by atoms with Gasteiger partial charge in [-0.25, -0.2) is 13.2 Å². The number of phenols is 1. The first-order chi connectivity index (χ1) is 22.7. The van der Waals surface area contributed by atoms with Crippen molar-refractivity contribution in [2.45, 2.75) is 50.4 Å². The van der Waals surface area contributed by atoms with E-state index in [0.717, 1.165) is 19.4 Å². The predicted octanol–water partition coefficient (Wildman–Crippen LogP) is 3.89. The van der Waals surface area contributed by atoms with E-state index in [1.165, 1.54) is 30.5 Å². The van der Waals surface area contributed by atoms with Crippen LogP contribution in [-0.4, -0.2) is 93.1 Å². The lowest BCUT2D eigenvalue weighted by Crippen LogP contribution is -2.43. The van der Waals surface area contributed by atoms with Crippen LogP contribution < -0.4 is 15.0 Å². The number of hydrogen-bond acceptors (Lipinski definition) is 9. The van der Waals surface area contributed by atoms with Crippen molar-refractivity contribution in [1.29, 1.82) is 0 Å². The number of fused-ring (bicyclic) bond motifs is 4. The third-order valence-corrected chi connectivity index (χ3v) is 10.7. The Kier molecular flexibility index (Phi) is 7.17. The van der Waals surface area contributed by atoms with E-state index in [-0.39, 0.29) is 64.9 Å². The molecule has 2 aromatic carbocycles. The molecule has 0 aliphatic carbocycles. The van der Waals surface area contributed by atoms with Crippen LogP contribution in [0, 0.1) is 23.5 Å². The number of alkyl halides is 1. The zero-order valence-corrected chi connectivity index (χ0v) is 25.8. The number of nitrogens with one attached hydrogen (secondary N) is 1. The molecule has 13 heteroatoms. The molecule has 0 saturated carbocycles. The number of hydrogen-bond donors (Lipinski definition) is 3. The van der Waals surface area contributed by atoms with E-state index >= 15 is 4.39 Å². The molecule has 5 atom stereocenters. The average molecular weight is 649 g/mol. The number of amides is 1. The minimum absolute atomic E-state index is 0.0864. The lowest BCUT2D eigenvalue weighted by atomic mass is 9.94. The molecule has 3 N–H and O–H groups in total. The molecule has 10 nitrogen and oxygen atoms in total. The van der Waals surface area contributed by atoms with E-state index in [1.807, 2.05) is 4.90 Å². The molecular weight excluding hydrogens is 613 g/mol. The SMILES string of the molecule is CCc1c(F)ccc2cc(O)cc(-c3ncc4c(N5C[C@@H]6[C@H](CO)NC(=O)[C@@H]6C5)nc(OC[C@@]56CCCN5C[C@H](F)C6)nc4c3F)c12. The minimum Gasteiger partial charge on any atom is -0.508 e. The maximum absolute atomic E-state index is 16.9. The quantitative estimate of drug-likeness (QED) is 0.274. The van der Waals surface area contributed by atoms with E-state index in [2.05, 4.69) is 20.2 Å². The molecule has 246 valence electrons. The summed E-state index contributed by atoms with van der Waals surface area (Å²) in [4.78, 5) is 30.4. The number of aromatic hydroxyl groups is 1. The van der Waals surface area contributed by atoms with Crippen molar-refractivity contribution < 1.29 is 32.9 Å². The normalized spacial score (nSPS) is 27.2. The Balaban J connectivity index is 1.26. The molecule has 4 fully saturated rings. The number of pyridine rings is 1. The number of rotatable bonds is 7. The van der Waals surface area contributed by atoms with Crippen LogP contribution in [0.15, 0.2) is 30.5 Å². The van der Waals surface area contributed by atoms with Crippen LogP contribution in [0.5, 0.6) is 11.8 Å². The molecule has 6 heterocycles. The Morgan fingerprint density at radius 2 is 2.02 bits per heavy atom. The maximum atomic E-state index is 16.9. The molecule has 4 saturated heterocycles. The summed E-state index contributed by atoms with van der Waals surface area (Å²) < 4.78 is 52.5. The van der Waals surface area contributed by atoms with Crippen molar-refractivity contribution in [2.75, 3.05) is 44.3 Å².